The number of ether oxygens (including phenoxy) is 1. The number of aromatic amines is 1. The Hall–Kier alpha value is -1.80. The molecular weight excluding hydrogens is 344 g/mol. The highest BCUT2D eigenvalue weighted by molar-refractivity contribution is 5.76. The smallest absolute Gasteiger partial charge is 0.222 e. The highest BCUT2D eigenvalue weighted by Gasteiger charge is 2.30. The molecule has 1 aliphatic carbocycles. The van der Waals surface area contributed by atoms with Gasteiger partial charge in [-0.25, -0.2) is 0 Å². The molecule has 1 aromatic heterocycles. The molecular formula is C19H32N6O2. The number of amides is 1. The topological polar surface area (TPSA) is 96.0 Å². The maximum Gasteiger partial charge on any atom is 0.222 e. The number of rotatable bonds is 7. The lowest BCUT2D eigenvalue weighted by molar-refractivity contribution is -0.124. The highest BCUT2D eigenvalue weighted by Crippen LogP contribution is 2.41. The first-order chi connectivity index (χ1) is 13.0. The first-order valence-electron chi connectivity index (χ1n) is 9.95. The molecule has 2 N–H and O–H groups in total. The maximum atomic E-state index is 12.3. The summed E-state index contributed by atoms with van der Waals surface area (Å²) in [6, 6.07) is 0.122. The Morgan fingerprint density at radius 3 is 3.04 bits per heavy atom. The van der Waals surface area contributed by atoms with Crippen LogP contribution in [0.4, 0.5) is 0 Å². The van der Waals surface area contributed by atoms with E-state index in [0.717, 1.165) is 26.1 Å². The van der Waals surface area contributed by atoms with E-state index in [1.165, 1.54) is 19.3 Å². The third-order valence-corrected chi connectivity index (χ3v) is 5.94. The number of hydrogen-bond acceptors (Lipinski definition) is 6. The number of nitrogens with zero attached hydrogens (tertiary/aromatic N) is 4. The average molecular weight is 377 g/mol. The standard InChI is InChI=1S/C19H32N6O2/c1-14-5-4-7-19(2,3)16(14)6-8-25-9-10-27-13-15(25)11-18(26)20-12-17-21-23-24-22-17/h15H,4-13H2,1-3H3,(H,20,26)(H,21,22,23,24). The largest absolute Gasteiger partial charge is 0.378 e. The van der Waals surface area contributed by atoms with Gasteiger partial charge in [-0.05, 0) is 38.0 Å². The monoisotopic (exact) mass is 376 g/mol. The van der Waals surface area contributed by atoms with E-state index < -0.39 is 0 Å². The molecule has 0 aromatic carbocycles. The lowest BCUT2D eigenvalue weighted by Gasteiger charge is -2.39. The van der Waals surface area contributed by atoms with Crippen molar-refractivity contribution in [2.45, 2.75) is 65.5 Å². The van der Waals surface area contributed by atoms with Gasteiger partial charge in [-0.3, -0.25) is 9.69 Å². The Labute approximate surface area is 161 Å². The van der Waals surface area contributed by atoms with Crippen LogP contribution in [0, 0.1) is 5.41 Å². The second kappa shape index (κ2) is 8.93. The number of aromatic nitrogens is 4. The molecule has 0 spiro atoms. The summed E-state index contributed by atoms with van der Waals surface area (Å²) in [5.74, 6) is 0.482. The Balaban J connectivity index is 1.53. The number of allylic oxidation sites excluding steroid dienone is 1. The van der Waals surface area contributed by atoms with Gasteiger partial charge in [0, 0.05) is 25.6 Å². The van der Waals surface area contributed by atoms with E-state index in [2.05, 4.69) is 51.6 Å². The zero-order valence-electron chi connectivity index (χ0n) is 16.8. The Morgan fingerprint density at radius 1 is 1.44 bits per heavy atom. The summed E-state index contributed by atoms with van der Waals surface area (Å²) < 4.78 is 5.64. The number of H-pyrrole nitrogens is 1. The van der Waals surface area contributed by atoms with Crippen molar-refractivity contribution in [3.63, 3.8) is 0 Å². The van der Waals surface area contributed by atoms with Crippen molar-refractivity contribution < 1.29 is 9.53 Å². The minimum atomic E-state index is -0.00584. The summed E-state index contributed by atoms with van der Waals surface area (Å²) in [6.07, 6.45) is 5.30. The maximum absolute atomic E-state index is 12.3. The third kappa shape index (κ3) is 5.35. The number of tetrazole rings is 1. The Bertz CT molecular complexity index is 655. The molecule has 8 heteroatoms. The summed E-state index contributed by atoms with van der Waals surface area (Å²) in [5.41, 5.74) is 3.47. The first kappa shape index (κ1) is 19.9. The van der Waals surface area contributed by atoms with Crippen molar-refractivity contribution in [3.8, 4) is 0 Å². The van der Waals surface area contributed by atoms with Gasteiger partial charge >= 0.3 is 0 Å². The Kier molecular flexibility index (Phi) is 6.59. The molecule has 1 aromatic rings. The quantitative estimate of drug-likeness (QED) is 0.705. The molecule has 1 atom stereocenters. The van der Waals surface area contributed by atoms with Gasteiger partial charge in [0.25, 0.3) is 0 Å². The van der Waals surface area contributed by atoms with Gasteiger partial charge in [-0.2, -0.15) is 5.21 Å². The van der Waals surface area contributed by atoms with Crippen LogP contribution in [0.25, 0.3) is 0 Å². The molecule has 150 valence electrons. The van der Waals surface area contributed by atoms with Crippen LogP contribution in [0.1, 0.15) is 58.7 Å². The fourth-order valence-corrected chi connectivity index (χ4v) is 4.37. The van der Waals surface area contributed by atoms with Crippen molar-refractivity contribution in [1.29, 1.82) is 0 Å². The fraction of sp³-hybridized carbons (Fsp3) is 0.789. The van der Waals surface area contributed by atoms with E-state index >= 15 is 0 Å². The van der Waals surface area contributed by atoms with Gasteiger partial charge < -0.3 is 10.1 Å². The average Bonchev–Trinajstić information content (AvgIpc) is 3.14. The second-order valence-electron chi connectivity index (χ2n) is 8.32. The second-order valence-corrected chi connectivity index (χ2v) is 8.32. The van der Waals surface area contributed by atoms with E-state index in [4.69, 9.17) is 4.74 Å². The highest BCUT2D eigenvalue weighted by atomic mass is 16.5. The van der Waals surface area contributed by atoms with Crippen molar-refractivity contribution in [3.05, 3.63) is 17.0 Å². The minimum Gasteiger partial charge on any atom is -0.378 e. The SMILES string of the molecule is CC1=C(CCN2CCOCC2CC(=O)NCc2nn[nH]n2)C(C)(C)CCC1. The minimum absolute atomic E-state index is 0.00584. The molecule has 3 rings (SSSR count). The summed E-state index contributed by atoms with van der Waals surface area (Å²) in [7, 11) is 0. The third-order valence-electron chi connectivity index (χ3n) is 5.94. The van der Waals surface area contributed by atoms with Crippen molar-refractivity contribution >= 4 is 5.91 Å². The van der Waals surface area contributed by atoms with E-state index in [1.807, 2.05) is 0 Å². The summed E-state index contributed by atoms with van der Waals surface area (Å²) in [4.78, 5) is 14.7. The molecule has 1 saturated heterocycles. The fourth-order valence-electron chi connectivity index (χ4n) is 4.37. The zero-order valence-corrected chi connectivity index (χ0v) is 16.8. The molecule has 1 amide bonds. The number of carbonyl (C=O) groups excluding carboxylic acids is 1. The molecule has 2 heterocycles. The summed E-state index contributed by atoms with van der Waals surface area (Å²) in [6.45, 7) is 10.5. The molecule has 27 heavy (non-hydrogen) atoms. The molecule has 1 fully saturated rings. The molecule has 8 nitrogen and oxygen atoms in total. The van der Waals surface area contributed by atoms with E-state index in [0.29, 0.717) is 30.8 Å². The van der Waals surface area contributed by atoms with E-state index in [1.54, 1.807) is 11.1 Å². The van der Waals surface area contributed by atoms with Crippen LogP contribution in [0.15, 0.2) is 11.1 Å². The molecule has 2 aliphatic rings. The van der Waals surface area contributed by atoms with Gasteiger partial charge in [0.05, 0.1) is 19.8 Å². The zero-order chi connectivity index (χ0) is 19.3. The van der Waals surface area contributed by atoms with Crippen molar-refractivity contribution in [1.82, 2.24) is 30.8 Å². The molecule has 0 bridgehead atoms. The molecule has 1 aliphatic heterocycles. The lowest BCUT2D eigenvalue weighted by atomic mass is 9.71. The van der Waals surface area contributed by atoms with Crippen molar-refractivity contribution in [2.24, 2.45) is 5.41 Å². The first-order valence-corrected chi connectivity index (χ1v) is 9.95. The number of hydrogen-bond donors (Lipinski definition) is 2. The Morgan fingerprint density at radius 2 is 2.30 bits per heavy atom. The normalized spacial score (nSPS) is 23.4. The predicted octanol–water partition coefficient (Wildman–Crippen LogP) is 1.82. The number of morpholine rings is 1. The lowest BCUT2D eigenvalue weighted by Crippen LogP contribution is -2.48. The van der Waals surface area contributed by atoms with Crippen LogP contribution in [0.3, 0.4) is 0 Å². The van der Waals surface area contributed by atoms with Gasteiger partial charge in [0.1, 0.15) is 0 Å². The van der Waals surface area contributed by atoms with E-state index in [9.17, 15) is 4.79 Å². The van der Waals surface area contributed by atoms with Gasteiger partial charge in [0.15, 0.2) is 5.82 Å². The van der Waals surface area contributed by atoms with Crippen LogP contribution < -0.4 is 5.32 Å². The van der Waals surface area contributed by atoms with Gasteiger partial charge in [-0.15, -0.1) is 10.2 Å². The van der Waals surface area contributed by atoms with Crippen LogP contribution in [0.2, 0.25) is 0 Å². The van der Waals surface area contributed by atoms with Crippen LogP contribution in [0.5, 0.6) is 0 Å². The summed E-state index contributed by atoms with van der Waals surface area (Å²) >= 11 is 0. The number of nitrogens with one attached hydrogen (secondary N) is 2. The van der Waals surface area contributed by atoms with Crippen LogP contribution in [-0.2, 0) is 16.1 Å². The number of carbonyl (C=O) groups is 1. The predicted molar refractivity (Wildman–Crippen MR) is 102 cm³/mol. The summed E-state index contributed by atoms with van der Waals surface area (Å²) in [5, 5.41) is 16.4. The van der Waals surface area contributed by atoms with Gasteiger partial charge in [0.2, 0.25) is 5.91 Å². The van der Waals surface area contributed by atoms with Crippen LogP contribution in [-0.4, -0.2) is 63.8 Å². The molecule has 0 radical (unpaired) electrons. The van der Waals surface area contributed by atoms with Gasteiger partial charge in [-0.1, -0.05) is 30.2 Å². The van der Waals surface area contributed by atoms with E-state index in [-0.39, 0.29) is 11.9 Å². The van der Waals surface area contributed by atoms with Crippen LogP contribution >= 0.6 is 0 Å². The molecule has 0 saturated carbocycles. The van der Waals surface area contributed by atoms with Crippen molar-refractivity contribution in [2.75, 3.05) is 26.3 Å². The molecule has 1 unspecified atom stereocenters.